The van der Waals surface area contributed by atoms with Gasteiger partial charge >= 0.3 is 0 Å². The van der Waals surface area contributed by atoms with Crippen molar-refractivity contribution < 1.29 is 4.43 Å². The van der Waals surface area contributed by atoms with Crippen molar-refractivity contribution in [3.63, 3.8) is 0 Å². The van der Waals surface area contributed by atoms with Crippen molar-refractivity contribution in [2.24, 2.45) is 5.92 Å². The van der Waals surface area contributed by atoms with Crippen LogP contribution in [0.25, 0.3) is 0 Å². The lowest BCUT2D eigenvalue weighted by molar-refractivity contribution is 0.273. The molecular formula is C10H24OSi. The summed E-state index contributed by atoms with van der Waals surface area (Å²) in [4.78, 5) is 0. The molecule has 2 heteroatoms. The molecule has 0 saturated heterocycles. The van der Waals surface area contributed by atoms with E-state index >= 15 is 0 Å². The average Bonchev–Trinajstić information content (AvgIpc) is 1.84. The molecule has 0 aromatic rings. The zero-order valence-corrected chi connectivity index (χ0v) is 10.3. The maximum atomic E-state index is 5.79. The van der Waals surface area contributed by atoms with Gasteiger partial charge in [-0.3, -0.25) is 0 Å². The van der Waals surface area contributed by atoms with Gasteiger partial charge < -0.3 is 4.43 Å². The minimum Gasteiger partial charge on any atom is -0.418 e. The summed E-state index contributed by atoms with van der Waals surface area (Å²) in [5, 5.41) is 0. The van der Waals surface area contributed by atoms with E-state index in [0.717, 1.165) is 12.5 Å². The zero-order chi connectivity index (χ0) is 9.61. The quantitative estimate of drug-likeness (QED) is 0.578. The van der Waals surface area contributed by atoms with Crippen LogP contribution in [0.4, 0.5) is 0 Å². The Hall–Kier alpha value is 0.177. The molecule has 0 rings (SSSR count). The normalized spacial score (nSPS) is 14.8. The molecule has 0 amide bonds. The van der Waals surface area contributed by atoms with Gasteiger partial charge in [-0.25, -0.2) is 0 Å². The van der Waals surface area contributed by atoms with Crippen LogP contribution in [0.5, 0.6) is 0 Å². The summed E-state index contributed by atoms with van der Waals surface area (Å²) in [6, 6.07) is 0. The maximum Gasteiger partial charge on any atom is 0.183 e. The van der Waals surface area contributed by atoms with E-state index in [4.69, 9.17) is 4.43 Å². The zero-order valence-electron chi connectivity index (χ0n) is 9.31. The molecule has 0 aromatic heterocycles. The molecule has 0 aliphatic rings. The third-order valence-corrected chi connectivity index (χ3v) is 3.00. The van der Waals surface area contributed by atoms with E-state index in [2.05, 4.69) is 33.5 Å². The van der Waals surface area contributed by atoms with E-state index in [1.807, 2.05) is 0 Å². The summed E-state index contributed by atoms with van der Waals surface area (Å²) in [5.41, 5.74) is 0. The fourth-order valence-corrected chi connectivity index (χ4v) is 1.93. The Kier molecular flexibility index (Phi) is 5.84. The maximum absolute atomic E-state index is 5.79. The number of hydrogen-bond donors (Lipinski definition) is 0. The topological polar surface area (TPSA) is 9.23 Å². The molecule has 1 unspecified atom stereocenters. The van der Waals surface area contributed by atoms with E-state index in [9.17, 15) is 0 Å². The molecular weight excluding hydrogens is 164 g/mol. The van der Waals surface area contributed by atoms with Crippen molar-refractivity contribution in [1.29, 1.82) is 0 Å². The Bertz CT molecular complexity index is 107. The Balaban J connectivity index is 3.31. The van der Waals surface area contributed by atoms with Crippen molar-refractivity contribution in [1.82, 2.24) is 0 Å². The summed E-state index contributed by atoms with van der Waals surface area (Å²) < 4.78 is 5.79. The predicted octanol–water partition coefficient (Wildman–Crippen LogP) is 3.66. The summed E-state index contributed by atoms with van der Waals surface area (Å²) >= 11 is 0. The van der Waals surface area contributed by atoms with Gasteiger partial charge in [0.05, 0.1) is 0 Å². The smallest absolute Gasteiger partial charge is 0.183 e. The van der Waals surface area contributed by atoms with Crippen LogP contribution >= 0.6 is 0 Å². The van der Waals surface area contributed by atoms with Gasteiger partial charge in [-0.15, -0.1) is 0 Å². The minimum absolute atomic E-state index is 0.839. The van der Waals surface area contributed by atoms with Crippen molar-refractivity contribution >= 4 is 8.32 Å². The second-order valence-electron chi connectivity index (χ2n) is 4.64. The van der Waals surface area contributed by atoms with E-state index in [0.29, 0.717) is 0 Å². The van der Waals surface area contributed by atoms with E-state index < -0.39 is 8.32 Å². The first-order chi connectivity index (χ1) is 5.45. The van der Waals surface area contributed by atoms with Crippen LogP contribution in [-0.4, -0.2) is 14.9 Å². The standard InChI is InChI=1S/C10H24OSi/c1-6-7-10(2)8-9-11-12(3,4)5/h10H,6-9H2,1-5H3. The highest BCUT2D eigenvalue weighted by atomic mass is 28.4. The van der Waals surface area contributed by atoms with E-state index in [1.54, 1.807) is 0 Å². The molecule has 0 aromatic carbocycles. The Morgan fingerprint density at radius 1 is 1.17 bits per heavy atom. The molecule has 0 heterocycles. The first kappa shape index (κ1) is 12.2. The molecule has 1 nitrogen and oxygen atoms in total. The third kappa shape index (κ3) is 8.28. The molecule has 12 heavy (non-hydrogen) atoms. The van der Waals surface area contributed by atoms with Gasteiger partial charge in [0.1, 0.15) is 0 Å². The Morgan fingerprint density at radius 3 is 2.17 bits per heavy atom. The molecule has 0 aliphatic heterocycles. The highest BCUT2D eigenvalue weighted by Crippen LogP contribution is 2.11. The molecule has 74 valence electrons. The molecule has 0 radical (unpaired) electrons. The molecule has 0 fully saturated rings. The van der Waals surface area contributed by atoms with Crippen LogP contribution in [0.15, 0.2) is 0 Å². The van der Waals surface area contributed by atoms with Crippen molar-refractivity contribution in [3.8, 4) is 0 Å². The Morgan fingerprint density at radius 2 is 1.75 bits per heavy atom. The lowest BCUT2D eigenvalue weighted by atomic mass is 10.0. The van der Waals surface area contributed by atoms with Crippen molar-refractivity contribution in [2.45, 2.75) is 52.8 Å². The van der Waals surface area contributed by atoms with Crippen molar-refractivity contribution in [2.75, 3.05) is 6.61 Å². The molecule has 0 N–H and O–H groups in total. The first-order valence-electron chi connectivity index (χ1n) is 5.09. The van der Waals surface area contributed by atoms with Gasteiger partial charge in [0.2, 0.25) is 0 Å². The summed E-state index contributed by atoms with van der Waals surface area (Å²) in [5.74, 6) is 0.839. The third-order valence-electron chi connectivity index (χ3n) is 1.93. The lowest BCUT2D eigenvalue weighted by Crippen LogP contribution is -2.26. The lowest BCUT2D eigenvalue weighted by Gasteiger charge is -2.18. The van der Waals surface area contributed by atoms with E-state index in [1.165, 1.54) is 19.3 Å². The van der Waals surface area contributed by atoms with E-state index in [-0.39, 0.29) is 0 Å². The molecule has 0 spiro atoms. The number of rotatable bonds is 6. The van der Waals surface area contributed by atoms with Crippen LogP contribution in [0.1, 0.15) is 33.1 Å². The van der Waals surface area contributed by atoms with Crippen LogP contribution < -0.4 is 0 Å². The molecule has 0 bridgehead atoms. The summed E-state index contributed by atoms with van der Waals surface area (Å²) in [7, 11) is -1.25. The minimum atomic E-state index is -1.25. The van der Waals surface area contributed by atoms with Gasteiger partial charge in [-0.2, -0.15) is 0 Å². The molecule has 0 saturated carbocycles. The molecule has 1 atom stereocenters. The van der Waals surface area contributed by atoms with Gasteiger partial charge in [0.15, 0.2) is 8.32 Å². The van der Waals surface area contributed by atoms with Crippen LogP contribution in [0.3, 0.4) is 0 Å². The first-order valence-corrected chi connectivity index (χ1v) is 8.50. The summed E-state index contributed by atoms with van der Waals surface area (Å²) in [6.45, 7) is 12.3. The van der Waals surface area contributed by atoms with Gasteiger partial charge in [0.25, 0.3) is 0 Å². The Labute approximate surface area is 78.6 Å². The fraction of sp³-hybridized carbons (Fsp3) is 1.00. The van der Waals surface area contributed by atoms with Gasteiger partial charge in [0, 0.05) is 6.61 Å². The second-order valence-corrected chi connectivity index (χ2v) is 9.16. The summed E-state index contributed by atoms with van der Waals surface area (Å²) in [6.07, 6.45) is 3.88. The van der Waals surface area contributed by atoms with Gasteiger partial charge in [-0.05, 0) is 32.0 Å². The van der Waals surface area contributed by atoms with Gasteiger partial charge in [-0.1, -0.05) is 26.7 Å². The predicted molar refractivity (Wildman–Crippen MR) is 58.0 cm³/mol. The fourth-order valence-electron chi connectivity index (χ4n) is 1.20. The average molecular weight is 188 g/mol. The van der Waals surface area contributed by atoms with Crippen LogP contribution in [-0.2, 0) is 4.43 Å². The second kappa shape index (κ2) is 5.76. The van der Waals surface area contributed by atoms with Crippen LogP contribution in [0.2, 0.25) is 19.6 Å². The highest BCUT2D eigenvalue weighted by molar-refractivity contribution is 6.69. The SMILES string of the molecule is CCCC(C)CCO[Si](C)(C)C. The largest absolute Gasteiger partial charge is 0.418 e. The molecule has 0 aliphatic carbocycles. The van der Waals surface area contributed by atoms with Crippen LogP contribution in [0, 0.1) is 5.92 Å². The number of hydrogen-bond acceptors (Lipinski definition) is 1. The van der Waals surface area contributed by atoms with Crippen molar-refractivity contribution in [3.05, 3.63) is 0 Å². The highest BCUT2D eigenvalue weighted by Gasteiger charge is 2.13. The monoisotopic (exact) mass is 188 g/mol.